The van der Waals surface area contributed by atoms with Gasteiger partial charge in [0.15, 0.2) is 0 Å². The minimum atomic E-state index is 1.08. The molecule has 0 spiro atoms. The lowest BCUT2D eigenvalue weighted by Crippen LogP contribution is -1.72. The molecule has 0 saturated heterocycles. The molecule has 0 amide bonds. The second-order valence-corrected chi connectivity index (χ2v) is 1.68. The molecule has 1 nitrogen and oxygen atoms in total. The van der Waals surface area contributed by atoms with Gasteiger partial charge >= 0.3 is 0 Å². The van der Waals surface area contributed by atoms with Crippen LogP contribution in [0.2, 0.25) is 0 Å². The monoisotopic (exact) mass is 95.1 g/mol. The van der Waals surface area contributed by atoms with Gasteiger partial charge in [0.25, 0.3) is 0 Å². The molecule has 0 radical (unpaired) electrons. The summed E-state index contributed by atoms with van der Waals surface area (Å²) in [5, 5.41) is 0. The molecule has 0 aromatic rings. The van der Waals surface area contributed by atoms with E-state index in [0.29, 0.717) is 0 Å². The Morgan fingerprint density at radius 3 is 3.00 bits per heavy atom. The molecule has 1 heteroatoms. The molecule has 1 aliphatic rings. The highest BCUT2D eigenvalue weighted by Crippen LogP contribution is 2.08. The number of nitrogens with zero attached hydrogens (tertiary/aromatic N) is 1. The highest BCUT2D eigenvalue weighted by atomic mass is 14.7. The lowest BCUT2D eigenvalue weighted by molar-refractivity contribution is 1.07. The van der Waals surface area contributed by atoms with Crippen molar-refractivity contribution in [1.29, 1.82) is 0 Å². The van der Waals surface area contributed by atoms with Crippen molar-refractivity contribution in [1.82, 2.24) is 0 Å². The van der Waals surface area contributed by atoms with Gasteiger partial charge in [-0.1, -0.05) is 6.92 Å². The Bertz CT molecular complexity index is 111. The molecule has 1 aliphatic heterocycles. The van der Waals surface area contributed by atoms with Crippen molar-refractivity contribution in [3.05, 3.63) is 11.8 Å². The molecule has 0 aromatic carbocycles. The van der Waals surface area contributed by atoms with Gasteiger partial charge < -0.3 is 0 Å². The van der Waals surface area contributed by atoms with E-state index in [1.807, 2.05) is 12.4 Å². The summed E-state index contributed by atoms with van der Waals surface area (Å²) in [6.45, 7) is 2.15. The van der Waals surface area contributed by atoms with Crippen molar-refractivity contribution in [2.75, 3.05) is 0 Å². The van der Waals surface area contributed by atoms with Crippen LogP contribution in [0.15, 0.2) is 16.8 Å². The zero-order chi connectivity index (χ0) is 5.11. The van der Waals surface area contributed by atoms with E-state index in [1.165, 1.54) is 5.57 Å². The first-order chi connectivity index (χ1) is 3.43. The van der Waals surface area contributed by atoms with E-state index in [9.17, 15) is 0 Å². The van der Waals surface area contributed by atoms with E-state index in [1.54, 1.807) is 0 Å². The predicted octanol–water partition coefficient (Wildman–Crippen LogP) is 1.75. The second-order valence-electron chi connectivity index (χ2n) is 1.68. The highest BCUT2D eigenvalue weighted by molar-refractivity contribution is 5.65. The van der Waals surface area contributed by atoms with Crippen molar-refractivity contribution in [3.63, 3.8) is 0 Å². The maximum Gasteiger partial charge on any atom is 0.0259 e. The fourth-order valence-corrected chi connectivity index (χ4v) is 0.616. The van der Waals surface area contributed by atoms with Crippen molar-refractivity contribution >= 4 is 6.21 Å². The van der Waals surface area contributed by atoms with Crippen LogP contribution < -0.4 is 0 Å². The maximum absolute atomic E-state index is 3.95. The number of hydrogen-bond acceptors (Lipinski definition) is 1. The summed E-state index contributed by atoms with van der Waals surface area (Å²) in [4.78, 5) is 3.95. The zero-order valence-electron chi connectivity index (χ0n) is 4.52. The summed E-state index contributed by atoms with van der Waals surface area (Å²) in [5.74, 6) is 0. The highest BCUT2D eigenvalue weighted by Gasteiger charge is 1.93. The Balaban J connectivity index is 2.45. The summed E-state index contributed by atoms with van der Waals surface area (Å²) in [6, 6.07) is 0. The summed E-state index contributed by atoms with van der Waals surface area (Å²) in [7, 11) is 0. The summed E-state index contributed by atoms with van der Waals surface area (Å²) in [6.07, 6.45) is 6.12. The van der Waals surface area contributed by atoms with Crippen LogP contribution in [-0.2, 0) is 0 Å². The third-order valence-corrected chi connectivity index (χ3v) is 1.17. The van der Waals surface area contributed by atoms with E-state index in [-0.39, 0.29) is 0 Å². The van der Waals surface area contributed by atoms with Gasteiger partial charge in [0.1, 0.15) is 0 Å². The fraction of sp³-hybridized carbons (Fsp3) is 0.500. The van der Waals surface area contributed by atoms with Crippen LogP contribution in [0, 0.1) is 0 Å². The Hall–Kier alpha value is -0.590. The molecule has 0 unspecified atom stereocenters. The minimum absolute atomic E-state index is 1.08. The van der Waals surface area contributed by atoms with Crippen LogP contribution in [0.25, 0.3) is 0 Å². The van der Waals surface area contributed by atoms with Crippen molar-refractivity contribution in [2.45, 2.75) is 19.8 Å². The Morgan fingerprint density at radius 1 is 1.86 bits per heavy atom. The van der Waals surface area contributed by atoms with Gasteiger partial charge in [-0.2, -0.15) is 0 Å². The van der Waals surface area contributed by atoms with Gasteiger partial charge in [-0.05, 0) is 12.0 Å². The summed E-state index contributed by atoms with van der Waals surface area (Å²) >= 11 is 0. The summed E-state index contributed by atoms with van der Waals surface area (Å²) < 4.78 is 0. The molecule has 7 heavy (non-hydrogen) atoms. The topological polar surface area (TPSA) is 12.4 Å². The number of rotatable bonds is 1. The van der Waals surface area contributed by atoms with Gasteiger partial charge in [0.05, 0.1) is 0 Å². The van der Waals surface area contributed by atoms with Gasteiger partial charge in [0.2, 0.25) is 0 Å². The Labute approximate surface area is 43.8 Å². The van der Waals surface area contributed by atoms with Crippen LogP contribution in [0.1, 0.15) is 19.8 Å². The average molecular weight is 95.1 g/mol. The molecule has 0 aliphatic carbocycles. The quantitative estimate of drug-likeness (QED) is 0.470. The number of aliphatic imine (C=N–C) groups is 1. The Kier molecular flexibility index (Phi) is 1.25. The fourth-order valence-electron chi connectivity index (χ4n) is 0.616. The number of allylic oxidation sites excluding steroid dienone is 1. The predicted molar refractivity (Wildman–Crippen MR) is 31.5 cm³/mol. The third-order valence-electron chi connectivity index (χ3n) is 1.17. The molecule has 0 fully saturated rings. The largest absolute Gasteiger partial charge is 0.269 e. The van der Waals surface area contributed by atoms with Crippen LogP contribution >= 0.6 is 0 Å². The average Bonchev–Trinajstić information content (AvgIpc) is 2.14. The zero-order valence-corrected chi connectivity index (χ0v) is 4.52. The third kappa shape index (κ3) is 0.889. The molecule has 1 rings (SSSR count). The summed E-state index contributed by atoms with van der Waals surface area (Å²) in [5.41, 5.74) is 1.44. The van der Waals surface area contributed by atoms with Gasteiger partial charge in [-0.3, -0.25) is 4.99 Å². The molecule has 38 valence electrons. The first kappa shape index (κ1) is 4.57. The van der Waals surface area contributed by atoms with E-state index >= 15 is 0 Å². The lowest BCUT2D eigenvalue weighted by Gasteiger charge is -1.86. The van der Waals surface area contributed by atoms with E-state index in [4.69, 9.17) is 0 Å². The van der Waals surface area contributed by atoms with Crippen LogP contribution in [-0.4, -0.2) is 6.21 Å². The van der Waals surface area contributed by atoms with Gasteiger partial charge in [-0.15, -0.1) is 0 Å². The van der Waals surface area contributed by atoms with Crippen molar-refractivity contribution in [2.24, 2.45) is 4.99 Å². The van der Waals surface area contributed by atoms with Crippen LogP contribution in [0.4, 0.5) is 0 Å². The normalized spacial score (nSPS) is 17.6. The number of hydrogen-bond donors (Lipinski definition) is 0. The van der Waals surface area contributed by atoms with Gasteiger partial charge in [0, 0.05) is 18.8 Å². The standard InChI is InChI=1S/C6H9N/c1-2-6-3-4-7-5-6/h4-5H,2-3H2,1H3. The second kappa shape index (κ2) is 1.92. The smallest absolute Gasteiger partial charge is 0.0259 e. The van der Waals surface area contributed by atoms with Crippen molar-refractivity contribution in [3.8, 4) is 0 Å². The van der Waals surface area contributed by atoms with Crippen LogP contribution in [0.5, 0.6) is 0 Å². The first-order valence-corrected chi connectivity index (χ1v) is 2.63. The maximum atomic E-state index is 3.95. The van der Waals surface area contributed by atoms with E-state index in [0.717, 1.165) is 12.8 Å². The molecule has 0 aromatic heterocycles. The first-order valence-electron chi connectivity index (χ1n) is 2.63. The van der Waals surface area contributed by atoms with Crippen LogP contribution in [0.3, 0.4) is 0 Å². The molecule has 0 N–H and O–H groups in total. The van der Waals surface area contributed by atoms with E-state index in [2.05, 4.69) is 11.9 Å². The van der Waals surface area contributed by atoms with E-state index < -0.39 is 0 Å². The molecule has 1 heterocycles. The SMILES string of the molecule is CCC1=CN=CC1. The van der Waals surface area contributed by atoms with Crippen molar-refractivity contribution < 1.29 is 0 Å². The molecular formula is C6H9N. The lowest BCUT2D eigenvalue weighted by atomic mass is 10.2. The molecule has 0 atom stereocenters. The molecule has 0 saturated carbocycles. The molecular weight excluding hydrogens is 86.1 g/mol. The molecule has 0 bridgehead atoms. The Morgan fingerprint density at radius 2 is 2.71 bits per heavy atom. The van der Waals surface area contributed by atoms with Gasteiger partial charge in [-0.25, -0.2) is 0 Å². The minimum Gasteiger partial charge on any atom is -0.269 e.